The summed E-state index contributed by atoms with van der Waals surface area (Å²) in [5.41, 5.74) is 9.09. The molecule has 0 aliphatic heterocycles. The number of fused-ring (bicyclic) bond motifs is 9. The first-order valence-corrected chi connectivity index (χ1v) is 19.4. The third kappa shape index (κ3) is 5.05. The molecule has 0 atom stereocenters. The summed E-state index contributed by atoms with van der Waals surface area (Å²) < 4.78 is 76.4. The minimum atomic E-state index is -0.432. The van der Waals surface area contributed by atoms with Gasteiger partial charge in [0.1, 0.15) is 0 Å². The molecule has 0 spiro atoms. The molecule has 270 valence electrons. The zero-order valence-corrected chi connectivity index (χ0v) is 31.1. The summed E-state index contributed by atoms with van der Waals surface area (Å²) in [6, 6.07) is 54.7. The second kappa shape index (κ2) is 12.9. The molecule has 0 aliphatic carbocycles. The van der Waals surface area contributed by atoms with Crippen LogP contribution in [-0.4, -0.2) is 9.13 Å². The van der Waals surface area contributed by atoms with Gasteiger partial charge in [-0.2, -0.15) is 0 Å². The average molecular weight is 745 g/mol. The Kier molecular flexibility index (Phi) is 5.68. The number of aromatic nitrogens is 2. The molecular weight excluding hydrogens is 701 g/mol. The van der Waals surface area contributed by atoms with Crippen LogP contribution in [0.15, 0.2) is 218 Å². The van der Waals surface area contributed by atoms with E-state index < -0.39 is 6.04 Å². The van der Waals surface area contributed by atoms with E-state index in [0.29, 0.717) is 5.52 Å². The normalized spacial score (nSPS) is 13.7. The van der Waals surface area contributed by atoms with Gasteiger partial charge in [0.25, 0.3) is 0 Å². The third-order valence-electron chi connectivity index (χ3n) is 11.5. The summed E-state index contributed by atoms with van der Waals surface area (Å²) in [6.07, 6.45) is 0. The van der Waals surface area contributed by atoms with Gasteiger partial charge in [-0.1, -0.05) is 170 Å². The molecule has 2 nitrogen and oxygen atoms in total. The van der Waals surface area contributed by atoms with Crippen molar-refractivity contribution in [3.63, 3.8) is 0 Å². The smallest absolute Gasteiger partial charge is 0.0645 e. The van der Waals surface area contributed by atoms with Crippen molar-refractivity contribution in [3.8, 4) is 44.8 Å². The van der Waals surface area contributed by atoms with Crippen molar-refractivity contribution in [2.45, 2.75) is 0 Å². The van der Waals surface area contributed by atoms with E-state index in [2.05, 4.69) is 108 Å². The van der Waals surface area contributed by atoms with Crippen LogP contribution in [-0.2, 0) is 0 Å². The van der Waals surface area contributed by atoms with Crippen molar-refractivity contribution in [2.75, 3.05) is 0 Å². The van der Waals surface area contributed by atoms with Crippen LogP contribution >= 0.6 is 0 Å². The van der Waals surface area contributed by atoms with Gasteiger partial charge in [-0.05, 0) is 103 Å². The van der Waals surface area contributed by atoms with Crippen LogP contribution in [0, 0.1) is 0 Å². The average Bonchev–Trinajstić information content (AvgIpc) is 3.86. The Hall–Kier alpha value is -7.68. The number of rotatable bonds is 5. The second-order valence-corrected chi connectivity index (χ2v) is 14.7. The van der Waals surface area contributed by atoms with Crippen LogP contribution in [0.4, 0.5) is 0 Å². The molecule has 0 fully saturated rings. The molecule has 0 N–H and O–H groups in total. The Morgan fingerprint density at radius 3 is 1.72 bits per heavy atom. The zero-order valence-electron chi connectivity index (χ0n) is 39.1. The summed E-state index contributed by atoms with van der Waals surface area (Å²) in [7, 11) is 0. The van der Waals surface area contributed by atoms with E-state index in [0.717, 1.165) is 71.2 Å². The molecule has 58 heavy (non-hydrogen) atoms. The van der Waals surface area contributed by atoms with Crippen LogP contribution < -0.4 is 0 Å². The number of nitrogens with zero attached hydrogens (tertiary/aromatic N) is 2. The molecule has 0 saturated heterocycles. The van der Waals surface area contributed by atoms with Gasteiger partial charge in [0.15, 0.2) is 0 Å². The molecule has 0 amide bonds. The molecule has 2 heterocycles. The maximum atomic E-state index is 9.63. The largest absolute Gasteiger partial charge is 0.309 e. The van der Waals surface area contributed by atoms with E-state index in [-0.39, 0.29) is 69.9 Å². The van der Waals surface area contributed by atoms with E-state index in [1.807, 2.05) is 53.1 Å². The first-order chi connectivity index (χ1) is 32.1. The number of hydrogen-bond acceptors (Lipinski definition) is 0. The standard InChI is InChI=1S/C56H36N2/c1-2-11-37(12-3-1)38-21-23-39(24-22-38)40-25-30-45(31-26-40)58-53-34-29-42-14-5-7-17-48(42)56(53)51-35-50-49-18-8-9-20-52(49)57(54(50)36-55(51)58)44-32-27-43(28-33-44)47-19-10-15-41-13-4-6-16-46(41)47/h1-36H/i4D,6D,13D,16D,27D,28D,32D,33D. The van der Waals surface area contributed by atoms with Gasteiger partial charge >= 0.3 is 0 Å². The highest BCUT2D eigenvalue weighted by molar-refractivity contribution is 6.25. The minimum absolute atomic E-state index is 0.0323. The first-order valence-electron chi connectivity index (χ1n) is 23.4. The van der Waals surface area contributed by atoms with Crippen LogP contribution in [0.5, 0.6) is 0 Å². The van der Waals surface area contributed by atoms with Crippen molar-refractivity contribution in [1.29, 1.82) is 0 Å². The molecule has 2 aromatic heterocycles. The predicted molar refractivity (Wildman–Crippen MR) is 246 cm³/mol. The molecule has 0 radical (unpaired) electrons. The van der Waals surface area contributed by atoms with E-state index in [9.17, 15) is 5.48 Å². The summed E-state index contributed by atoms with van der Waals surface area (Å²) in [6.45, 7) is 0. The Morgan fingerprint density at radius 2 is 0.931 bits per heavy atom. The molecule has 0 bridgehead atoms. The van der Waals surface area contributed by atoms with E-state index >= 15 is 0 Å². The quantitative estimate of drug-likeness (QED) is 0.166. The van der Waals surface area contributed by atoms with Crippen molar-refractivity contribution < 1.29 is 11.0 Å². The fourth-order valence-corrected chi connectivity index (χ4v) is 8.80. The molecule has 2 heteroatoms. The third-order valence-corrected chi connectivity index (χ3v) is 11.5. The topological polar surface area (TPSA) is 9.86 Å². The molecule has 0 saturated carbocycles. The minimum Gasteiger partial charge on any atom is -0.309 e. The van der Waals surface area contributed by atoms with Crippen LogP contribution in [0.2, 0.25) is 0 Å². The molecule has 0 unspecified atom stereocenters. The summed E-state index contributed by atoms with van der Waals surface area (Å²) in [5, 5.41) is 6.54. The lowest BCUT2D eigenvalue weighted by Crippen LogP contribution is -1.96. The SMILES string of the molecule is [2H]c1c([2H])c(-n2c3ccccc3c3cc4c5c6ccccc6ccc5n(-c5ccc(-c6ccc(-c7ccccc7)cc6)cc5)c4cc32)c([2H])c([2H])c1-c1cccc2c([2H])c([2H])c([2H])c([2H])c12. The maximum absolute atomic E-state index is 9.63. The van der Waals surface area contributed by atoms with Gasteiger partial charge in [0.05, 0.1) is 33.0 Å². The molecule has 0 aliphatic rings. The molecule has 10 aromatic carbocycles. The Bertz CT molecular complexity index is 3980. The highest BCUT2D eigenvalue weighted by Crippen LogP contribution is 2.42. The monoisotopic (exact) mass is 744 g/mol. The van der Waals surface area contributed by atoms with E-state index in [1.165, 1.54) is 5.56 Å². The van der Waals surface area contributed by atoms with Crippen molar-refractivity contribution >= 4 is 65.2 Å². The fraction of sp³-hybridized carbons (Fsp3) is 0. The van der Waals surface area contributed by atoms with Crippen molar-refractivity contribution in [3.05, 3.63) is 218 Å². The van der Waals surface area contributed by atoms with Gasteiger partial charge < -0.3 is 9.13 Å². The van der Waals surface area contributed by atoms with E-state index in [4.69, 9.17) is 5.48 Å². The predicted octanol–water partition coefficient (Wildman–Crippen LogP) is 15.2. The Balaban J connectivity index is 1.10. The number of para-hydroxylation sites is 1. The lowest BCUT2D eigenvalue weighted by Gasteiger charge is -2.12. The van der Waals surface area contributed by atoms with E-state index in [1.54, 1.807) is 18.2 Å². The highest BCUT2D eigenvalue weighted by Gasteiger charge is 2.20. The molecule has 12 aromatic rings. The second-order valence-electron chi connectivity index (χ2n) is 14.7. The molecule has 12 rings (SSSR count). The van der Waals surface area contributed by atoms with Crippen LogP contribution in [0.1, 0.15) is 11.0 Å². The van der Waals surface area contributed by atoms with Gasteiger partial charge in [0.2, 0.25) is 0 Å². The zero-order chi connectivity index (χ0) is 45.1. The van der Waals surface area contributed by atoms with Gasteiger partial charge in [0, 0.05) is 32.9 Å². The van der Waals surface area contributed by atoms with Crippen molar-refractivity contribution in [2.24, 2.45) is 0 Å². The van der Waals surface area contributed by atoms with Gasteiger partial charge in [-0.15, -0.1) is 0 Å². The fourth-order valence-electron chi connectivity index (χ4n) is 8.80. The lowest BCUT2D eigenvalue weighted by molar-refractivity contribution is 1.17. The molecular formula is C56H36N2. The van der Waals surface area contributed by atoms with Gasteiger partial charge in [-0.25, -0.2) is 0 Å². The van der Waals surface area contributed by atoms with Gasteiger partial charge in [-0.3, -0.25) is 0 Å². The van der Waals surface area contributed by atoms with Crippen LogP contribution in [0.3, 0.4) is 0 Å². The maximum Gasteiger partial charge on any atom is 0.0645 e. The Labute approximate surface area is 347 Å². The number of benzene rings is 10. The van der Waals surface area contributed by atoms with Crippen molar-refractivity contribution in [1.82, 2.24) is 9.13 Å². The Morgan fingerprint density at radius 1 is 0.310 bits per heavy atom. The number of hydrogen-bond donors (Lipinski definition) is 0. The summed E-state index contributed by atoms with van der Waals surface area (Å²) in [5.74, 6) is 0. The summed E-state index contributed by atoms with van der Waals surface area (Å²) >= 11 is 0. The highest BCUT2D eigenvalue weighted by atomic mass is 15.0. The van der Waals surface area contributed by atoms with Crippen LogP contribution in [0.25, 0.3) is 110 Å². The summed E-state index contributed by atoms with van der Waals surface area (Å²) in [4.78, 5) is 0. The first kappa shape index (κ1) is 25.5. The lowest BCUT2D eigenvalue weighted by atomic mass is 9.98.